The zero-order valence-corrected chi connectivity index (χ0v) is 17.9. The van der Waals surface area contributed by atoms with Gasteiger partial charge in [-0.3, -0.25) is 4.79 Å². The first-order valence-corrected chi connectivity index (χ1v) is 10.6. The van der Waals surface area contributed by atoms with Crippen molar-refractivity contribution in [1.29, 1.82) is 0 Å². The zero-order valence-electron chi connectivity index (χ0n) is 17.1. The Hall–Kier alpha value is -3.00. The Labute approximate surface area is 179 Å². The number of benzene rings is 2. The van der Waals surface area contributed by atoms with Crippen LogP contribution in [0.25, 0.3) is 11.0 Å². The lowest BCUT2D eigenvalue weighted by Crippen LogP contribution is -2.19. The van der Waals surface area contributed by atoms with Crippen LogP contribution < -0.4 is 9.47 Å². The lowest BCUT2D eigenvalue weighted by Gasteiger charge is -2.12. The molecule has 0 radical (unpaired) electrons. The number of carbonyl (C=O) groups is 1. The van der Waals surface area contributed by atoms with E-state index in [2.05, 4.69) is 9.98 Å². The standard InChI is InChI=1S/C22H23N3O4S/c1-4-28-21-19(30-22(26)24-21)11-14-5-7-15(8-6-14)29-13-20-23-17-10-9-16(27-3)12-18(17)25(20)2/h5-10,12,19H,4,11,13H2,1-3H3. The second-order valence-corrected chi connectivity index (χ2v) is 7.99. The summed E-state index contributed by atoms with van der Waals surface area (Å²) in [5, 5.41) is -0.260. The highest BCUT2D eigenvalue weighted by Crippen LogP contribution is 2.28. The number of ether oxygens (including phenoxy) is 3. The number of carbonyl (C=O) groups excluding carboxylic acids is 1. The number of thioether (sulfide) groups is 1. The number of nitrogens with zero attached hydrogens (tertiary/aromatic N) is 3. The third-order valence-electron chi connectivity index (χ3n) is 4.91. The number of aliphatic imine (C=N–C) groups is 1. The normalized spacial score (nSPS) is 16.0. The van der Waals surface area contributed by atoms with E-state index in [-0.39, 0.29) is 10.5 Å². The first kappa shape index (κ1) is 20.3. The molecule has 2 aromatic carbocycles. The molecule has 0 N–H and O–H groups in total. The average Bonchev–Trinajstić information content (AvgIpc) is 3.26. The number of hydrogen-bond donors (Lipinski definition) is 0. The van der Waals surface area contributed by atoms with Crippen LogP contribution in [-0.4, -0.2) is 39.7 Å². The summed E-state index contributed by atoms with van der Waals surface area (Å²) in [6, 6.07) is 13.7. The van der Waals surface area contributed by atoms with Crippen molar-refractivity contribution < 1.29 is 19.0 Å². The highest BCUT2D eigenvalue weighted by Gasteiger charge is 2.29. The second kappa shape index (κ2) is 8.79. The molecule has 7 nitrogen and oxygen atoms in total. The summed E-state index contributed by atoms with van der Waals surface area (Å²) in [5.41, 5.74) is 3.00. The van der Waals surface area contributed by atoms with Gasteiger partial charge in [-0.05, 0) is 54.9 Å². The Morgan fingerprint density at radius 2 is 1.87 bits per heavy atom. The molecule has 2 heterocycles. The molecular weight excluding hydrogens is 402 g/mol. The van der Waals surface area contributed by atoms with Crippen molar-refractivity contribution in [2.45, 2.75) is 25.2 Å². The van der Waals surface area contributed by atoms with E-state index in [0.29, 0.717) is 25.5 Å². The van der Waals surface area contributed by atoms with E-state index in [4.69, 9.17) is 14.2 Å². The van der Waals surface area contributed by atoms with Crippen LogP contribution in [0.3, 0.4) is 0 Å². The third kappa shape index (κ3) is 4.28. The number of fused-ring (bicyclic) bond motifs is 1. The second-order valence-electron chi connectivity index (χ2n) is 6.83. The monoisotopic (exact) mass is 425 g/mol. The van der Waals surface area contributed by atoms with E-state index < -0.39 is 0 Å². The molecule has 0 saturated heterocycles. The Morgan fingerprint density at radius 1 is 1.10 bits per heavy atom. The van der Waals surface area contributed by atoms with Gasteiger partial charge in [-0.1, -0.05) is 12.1 Å². The average molecular weight is 426 g/mol. The fraction of sp³-hybridized carbons (Fsp3) is 0.318. The fourth-order valence-corrected chi connectivity index (χ4v) is 4.21. The van der Waals surface area contributed by atoms with Gasteiger partial charge in [-0.25, -0.2) is 4.98 Å². The molecule has 0 fully saturated rings. The maximum atomic E-state index is 11.6. The fourth-order valence-electron chi connectivity index (χ4n) is 3.32. The van der Waals surface area contributed by atoms with Gasteiger partial charge in [0.1, 0.15) is 23.9 Å². The van der Waals surface area contributed by atoms with Gasteiger partial charge < -0.3 is 18.8 Å². The van der Waals surface area contributed by atoms with Crippen molar-refractivity contribution in [2.24, 2.45) is 12.0 Å². The minimum Gasteiger partial charge on any atom is -0.497 e. The van der Waals surface area contributed by atoms with Crippen molar-refractivity contribution >= 4 is 33.9 Å². The highest BCUT2D eigenvalue weighted by atomic mass is 32.2. The number of hydrogen-bond acceptors (Lipinski definition) is 6. The number of imidazole rings is 1. The van der Waals surface area contributed by atoms with E-state index in [9.17, 15) is 4.79 Å². The van der Waals surface area contributed by atoms with Crippen molar-refractivity contribution in [3.8, 4) is 11.5 Å². The van der Waals surface area contributed by atoms with E-state index in [1.54, 1.807) is 7.11 Å². The molecule has 1 atom stereocenters. The number of rotatable bonds is 7. The van der Waals surface area contributed by atoms with Crippen molar-refractivity contribution in [3.05, 3.63) is 53.9 Å². The van der Waals surface area contributed by atoms with E-state index >= 15 is 0 Å². The van der Waals surface area contributed by atoms with Crippen molar-refractivity contribution in [2.75, 3.05) is 13.7 Å². The number of amides is 1. The molecule has 30 heavy (non-hydrogen) atoms. The Bertz CT molecular complexity index is 1090. The summed E-state index contributed by atoms with van der Waals surface area (Å²) in [7, 11) is 3.62. The summed E-state index contributed by atoms with van der Waals surface area (Å²) >= 11 is 1.21. The third-order valence-corrected chi connectivity index (χ3v) is 5.85. The van der Waals surface area contributed by atoms with Gasteiger partial charge >= 0.3 is 5.24 Å². The van der Waals surface area contributed by atoms with Crippen LogP contribution >= 0.6 is 11.8 Å². The van der Waals surface area contributed by atoms with Gasteiger partial charge in [-0.2, -0.15) is 4.99 Å². The summed E-state index contributed by atoms with van der Waals surface area (Å²) in [5.74, 6) is 2.91. The lowest BCUT2D eigenvalue weighted by molar-refractivity contribution is 0.266. The van der Waals surface area contributed by atoms with Crippen molar-refractivity contribution in [3.63, 3.8) is 0 Å². The van der Waals surface area contributed by atoms with E-state index in [1.165, 1.54) is 11.8 Å². The van der Waals surface area contributed by atoms with Gasteiger partial charge in [0.2, 0.25) is 5.90 Å². The largest absolute Gasteiger partial charge is 0.497 e. The summed E-state index contributed by atoms with van der Waals surface area (Å²) < 4.78 is 18.7. The van der Waals surface area contributed by atoms with Gasteiger partial charge in [0, 0.05) is 13.1 Å². The minimum absolute atomic E-state index is 0.0683. The summed E-state index contributed by atoms with van der Waals surface area (Å²) in [6.45, 7) is 2.76. The molecule has 8 heteroatoms. The molecule has 0 spiro atoms. The van der Waals surface area contributed by atoms with Gasteiger partial charge in [-0.15, -0.1) is 0 Å². The van der Waals surface area contributed by atoms with E-state index in [0.717, 1.165) is 33.9 Å². The predicted octanol–water partition coefficient (Wildman–Crippen LogP) is 4.37. The van der Waals surface area contributed by atoms with Gasteiger partial charge in [0.05, 0.1) is 30.0 Å². The SMILES string of the molecule is CCOC1=NC(=O)SC1Cc1ccc(OCc2nc3ccc(OC)cc3n2C)cc1. The zero-order chi connectivity index (χ0) is 21.1. The molecule has 1 amide bonds. The molecule has 3 aromatic rings. The topological polar surface area (TPSA) is 74.9 Å². The molecule has 0 saturated carbocycles. The Kier molecular flexibility index (Phi) is 5.94. The van der Waals surface area contributed by atoms with Crippen molar-refractivity contribution in [1.82, 2.24) is 9.55 Å². The molecule has 4 rings (SSSR count). The van der Waals surface area contributed by atoms with Crippen LogP contribution in [0.2, 0.25) is 0 Å². The van der Waals surface area contributed by atoms with Gasteiger partial charge in [0.25, 0.3) is 0 Å². The Morgan fingerprint density at radius 3 is 2.60 bits per heavy atom. The maximum absolute atomic E-state index is 11.6. The summed E-state index contributed by atoms with van der Waals surface area (Å²) in [6.07, 6.45) is 0.683. The van der Waals surface area contributed by atoms with E-state index in [1.807, 2.05) is 61.0 Å². The Balaban J connectivity index is 1.40. The molecule has 1 aliphatic heterocycles. The quantitative estimate of drug-likeness (QED) is 0.559. The van der Waals surface area contributed by atoms with Gasteiger partial charge in [0.15, 0.2) is 0 Å². The minimum atomic E-state index is -0.191. The molecule has 1 unspecified atom stereocenters. The summed E-state index contributed by atoms with van der Waals surface area (Å²) in [4.78, 5) is 20.2. The number of methoxy groups -OCH3 is 1. The van der Waals surface area contributed by atoms with Crippen LogP contribution in [-0.2, 0) is 24.8 Å². The predicted molar refractivity (Wildman–Crippen MR) is 118 cm³/mol. The van der Waals surface area contributed by atoms with Crippen LogP contribution in [0.4, 0.5) is 4.79 Å². The van der Waals surface area contributed by atoms with Crippen LogP contribution in [0, 0.1) is 0 Å². The first-order valence-electron chi connectivity index (χ1n) is 9.70. The van der Waals surface area contributed by atoms with Crippen LogP contribution in [0.1, 0.15) is 18.3 Å². The van der Waals surface area contributed by atoms with Crippen LogP contribution in [0.15, 0.2) is 47.5 Å². The maximum Gasteiger partial charge on any atom is 0.308 e. The first-order chi connectivity index (χ1) is 14.6. The molecule has 1 aromatic heterocycles. The lowest BCUT2D eigenvalue weighted by atomic mass is 10.1. The number of aryl methyl sites for hydroxylation is 1. The molecule has 1 aliphatic rings. The smallest absolute Gasteiger partial charge is 0.308 e. The highest BCUT2D eigenvalue weighted by molar-refractivity contribution is 8.15. The molecule has 0 aliphatic carbocycles. The van der Waals surface area contributed by atoms with Crippen LogP contribution in [0.5, 0.6) is 11.5 Å². The number of aromatic nitrogens is 2. The molecule has 156 valence electrons. The molecule has 0 bridgehead atoms. The molecular formula is C22H23N3O4S.